The molecular formula is C19H24ClN3O3. The second-order valence-corrected chi connectivity index (χ2v) is 6.31. The number of anilines is 1. The molecule has 1 unspecified atom stereocenters. The highest BCUT2D eigenvalue weighted by Crippen LogP contribution is 2.23. The molecule has 0 saturated carbocycles. The van der Waals surface area contributed by atoms with Gasteiger partial charge >= 0.3 is 0 Å². The standard InChI is InChI=1S/C19H23N3O3.ClH/c1-13-7-8-14(19(24)22-9-3-5-15(22)12-20-2)11-16(13)21-18(23)17-6-4-10-25-17;/h4,6-8,10-11,15,20H,3,5,9,12H2,1-2H3,(H,21,23);1H. The molecule has 7 heteroatoms. The van der Waals surface area contributed by atoms with Crippen LogP contribution in [0.25, 0.3) is 0 Å². The zero-order valence-corrected chi connectivity index (χ0v) is 15.8. The summed E-state index contributed by atoms with van der Waals surface area (Å²) in [5.41, 5.74) is 2.10. The zero-order chi connectivity index (χ0) is 17.8. The fraction of sp³-hybridized carbons (Fsp3) is 0.368. The summed E-state index contributed by atoms with van der Waals surface area (Å²) in [5.74, 6) is -0.0806. The number of rotatable bonds is 5. The number of nitrogens with zero attached hydrogens (tertiary/aromatic N) is 1. The van der Waals surface area contributed by atoms with Gasteiger partial charge in [-0.1, -0.05) is 6.07 Å². The summed E-state index contributed by atoms with van der Waals surface area (Å²) in [6.07, 6.45) is 3.49. The Balaban J connectivity index is 0.00000243. The molecule has 1 aliphatic rings. The smallest absolute Gasteiger partial charge is 0.291 e. The van der Waals surface area contributed by atoms with Crippen LogP contribution in [0.3, 0.4) is 0 Å². The van der Waals surface area contributed by atoms with E-state index in [1.54, 1.807) is 18.2 Å². The SMILES string of the molecule is CNCC1CCCN1C(=O)c1ccc(C)c(NC(=O)c2ccco2)c1.Cl. The number of hydrogen-bond acceptors (Lipinski definition) is 4. The minimum atomic E-state index is -0.327. The first-order chi connectivity index (χ1) is 12.1. The number of amides is 2. The molecule has 0 radical (unpaired) electrons. The van der Waals surface area contributed by atoms with Crippen LogP contribution in [0.15, 0.2) is 41.0 Å². The van der Waals surface area contributed by atoms with E-state index in [2.05, 4.69) is 10.6 Å². The first kappa shape index (κ1) is 20.0. The number of carbonyl (C=O) groups excluding carboxylic acids is 2. The first-order valence-electron chi connectivity index (χ1n) is 8.51. The third kappa shape index (κ3) is 4.26. The Hall–Kier alpha value is -2.31. The number of halogens is 1. The molecule has 140 valence electrons. The molecule has 0 aliphatic carbocycles. The van der Waals surface area contributed by atoms with Gasteiger partial charge in [0.15, 0.2) is 5.76 Å². The lowest BCUT2D eigenvalue weighted by Crippen LogP contribution is -2.40. The van der Waals surface area contributed by atoms with E-state index in [4.69, 9.17) is 4.42 Å². The van der Waals surface area contributed by atoms with Crippen molar-refractivity contribution in [1.82, 2.24) is 10.2 Å². The van der Waals surface area contributed by atoms with Crippen molar-refractivity contribution in [3.05, 3.63) is 53.5 Å². The van der Waals surface area contributed by atoms with Gasteiger partial charge < -0.3 is 20.0 Å². The number of hydrogen-bond donors (Lipinski definition) is 2. The molecule has 3 rings (SSSR count). The van der Waals surface area contributed by atoms with Crippen molar-refractivity contribution in [2.45, 2.75) is 25.8 Å². The summed E-state index contributed by atoms with van der Waals surface area (Å²) in [5, 5.41) is 5.97. The van der Waals surface area contributed by atoms with Crippen molar-refractivity contribution in [3.8, 4) is 0 Å². The van der Waals surface area contributed by atoms with Gasteiger partial charge in [-0.3, -0.25) is 9.59 Å². The van der Waals surface area contributed by atoms with Crippen LogP contribution >= 0.6 is 12.4 Å². The van der Waals surface area contributed by atoms with E-state index in [0.717, 1.165) is 31.5 Å². The van der Waals surface area contributed by atoms with Crippen molar-refractivity contribution in [1.29, 1.82) is 0 Å². The molecule has 1 aromatic heterocycles. The zero-order valence-electron chi connectivity index (χ0n) is 15.0. The van der Waals surface area contributed by atoms with Gasteiger partial charge in [0.1, 0.15) is 0 Å². The average Bonchev–Trinajstić information content (AvgIpc) is 3.28. The van der Waals surface area contributed by atoms with Crippen LogP contribution in [0, 0.1) is 6.92 Å². The highest BCUT2D eigenvalue weighted by molar-refractivity contribution is 6.04. The molecule has 2 N–H and O–H groups in total. The highest BCUT2D eigenvalue weighted by atomic mass is 35.5. The lowest BCUT2D eigenvalue weighted by molar-refractivity contribution is 0.0736. The van der Waals surface area contributed by atoms with E-state index in [0.29, 0.717) is 11.3 Å². The van der Waals surface area contributed by atoms with Gasteiger partial charge in [0.05, 0.1) is 6.26 Å². The Morgan fingerprint density at radius 3 is 2.81 bits per heavy atom. The maximum Gasteiger partial charge on any atom is 0.291 e. The Morgan fingerprint density at radius 2 is 2.12 bits per heavy atom. The van der Waals surface area contributed by atoms with Gasteiger partial charge in [-0.15, -0.1) is 12.4 Å². The van der Waals surface area contributed by atoms with Crippen molar-refractivity contribution < 1.29 is 14.0 Å². The topological polar surface area (TPSA) is 74.6 Å². The first-order valence-corrected chi connectivity index (χ1v) is 8.51. The van der Waals surface area contributed by atoms with Crippen LogP contribution < -0.4 is 10.6 Å². The fourth-order valence-electron chi connectivity index (χ4n) is 3.20. The highest BCUT2D eigenvalue weighted by Gasteiger charge is 2.29. The van der Waals surface area contributed by atoms with Gasteiger partial charge in [0.2, 0.25) is 0 Å². The predicted octanol–water partition coefficient (Wildman–Crippen LogP) is 3.09. The Bertz CT molecular complexity index is 761. The molecule has 26 heavy (non-hydrogen) atoms. The summed E-state index contributed by atoms with van der Waals surface area (Å²) in [7, 11) is 1.90. The molecule has 2 heterocycles. The van der Waals surface area contributed by atoms with Crippen molar-refractivity contribution in [2.24, 2.45) is 0 Å². The number of benzene rings is 1. The van der Waals surface area contributed by atoms with Gasteiger partial charge in [0.25, 0.3) is 11.8 Å². The van der Waals surface area contributed by atoms with Crippen molar-refractivity contribution in [3.63, 3.8) is 0 Å². The van der Waals surface area contributed by atoms with E-state index in [1.807, 2.05) is 31.0 Å². The Kier molecular flexibility index (Phi) is 6.83. The van der Waals surface area contributed by atoms with E-state index < -0.39 is 0 Å². The quantitative estimate of drug-likeness (QED) is 0.839. The lowest BCUT2D eigenvalue weighted by atomic mass is 10.1. The third-order valence-electron chi connectivity index (χ3n) is 4.56. The van der Waals surface area contributed by atoms with E-state index >= 15 is 0 Å². The van der Waals surface area contributed by atoms with Gasteiger partial charge in [-0.05, 0) is 56.6 Å². The van der Waals surface area contributed by atoms with Crippen LogP contribution in [0.4, 0.5) is 5.69 Å². The molecule has 1 saturated heterocycles. The number of likely N-dealkylation sites (tertiary alicyclic amines) is 1. The number of likely N-dealkylation sites (N-methyl/N-ethyl adjacent to an activating group) is 1. The van der Waals surface area contributed by atoms with Crippen molar-refractivity contribution >= 4 is 29.9 Å². The molecule has 0 bridgehead atoms. The molecule has 1 aliphatic heterocycles. The molecule has 1 fully saturated rings. The van der Waals surface area contributed by atoms with Crippen LogP contribution in [0.1, 0.15) is 39.3 Å². The van der Waals surface area contributed by atoms with Gasteiger partial charge in [-0.25, -0.2) is 0 Å². The minimum absolute atomic E-state index is 0. The largest absolute Gasteiger partial charge is 0.459 e. The minimum Gasteiger partial charge on any atom is -0.459 e. The van der Waals surface area contributed by atoms with Gasteiger partial charge in [0, 0.05) is 30.4 Å². The lowest BCUT2D eigenvalue weighted by Gasteiger charge is -2.25. The third-order valence-corrected chi connectivity index (χ3v) is 4.56. The molecule has 0 spiro atoms. The number of carbonyl (C=O) groups is 2. The van der Waals surface area contributed by atoms with Crippen LogP contribution in [0.2, 0.25) is 0 Å². The summed E-state index contributed by atoms with van der Waals surface area (Å²) in [4.78, 5) is 27.0. The van der Waals surface area contributed by atoms with Gasteiger partial charge in [-0.2, -0.15) is 0 Å². The predicted molar refractivity (Wildman–Crippen MR) is 103 cm³/mol. The maximum atomic E-state index is 12.9. The average molecular weight is 378 g/mol. The maximum absolute atomic E-state index is 12.9. The van der Waals surface area contributed by atoms with Crippen LogP contribution in [-0.2, 0) is 0 Å². The molecule has 1 aromatic carbocycles. The van der Waals surface area contributed by atoms with Crippen LogP contribution in [-0.4, -0.2) is 42.9 Å². The number of nitrogens with one attached hydrogen (secondary N) is 2. The second kappa shape index (κ2) is 8.87. The van der Waals surface area contributed by atoms with E-state index in [-0.39, 0.29) is 36.0 Å². The molecular weight excluding hydrogens is 354 g/mol. The molecule has 2 aromatic rings. The summed E-state index contributed by atoms with van der Waals surface area (Å²) in [6.45, 7) is 3.46. The second-order valence-electron chi connectivity index (χ2n) is 6.31. The molecule has 6 nitrogen and oxygen atoms in total. The summed E-state index contributed by atoms with van der Waals surface area (Å²) >= 11 is 0. The Morgan fingerprint density at radius 1 is 1.31 bits per heavy atom. The monoisotopic (exact) mass is 377 g/mol. The number of furan rings is 1. The summed E-state index contributed by atoms with van der Waals surface area (Å²) < 4.78 is 5.11. The van der Waals surface area contributed by atoms with Crippen LogP contribution in [0.5, 0.6) is 0 Å². The normalized spacial score (nSPS) is 16.2. The Labute approximate surface area is 159 Å². The summed E-state index contributed by atoms with van der Waals surface area (Å²) in [6, 6.07) is 8.90. The fourth-order valence-corrected chi connectivity index (χ4v) is 3.20. The van der Waals surface area contributed by atoms with Crippen molar-refractivity contribution in [2.75, 3.05) is 25.5 Å². The van der Waals surface area contributed by atoms with E-state index in [1.165, 1.54) is 6.26 Å². The van der Waals surface area contributed by atoms with E-state index in [9.17, 15) is 9.59 Å². The molecule has 1 atom stereocenters. The molecule has 2 amide bonds. The number of aryl methyl sites for hydroxylation is 1.